The molecule has 1 saturated heterocycles. The fourth-order valence-corrected chi connectivity index (χ4v) is 4.08. The highest BCUT2D eigenvalue weighted by atomic mass is 16.5. The molecule has 2 amide bonds. The van der Waals surface area contributed by atoms with Crippen molar-refractivity contribution in [2.75, 3.05) is 39.9 Å². The van der Waals surface area contributed by atoms with Crippen LogP contribution in [0.25, 0.3) is 0 Å². The molecule has 5 nitrogen and oxygen atoms in total. The van der Waals surface area contributed by atoms with Crippen LogP contribution in [0.1, 0.15) is 24.8 Å². The second kappa shape index (κ2) is 8.53. The van der Waals surface area contributed by atoms with E-state index < -0.39 is 5.41 Å². The summed E-state index contributed by atoms with van der Waals surface area (Å²) in [6, 6.07) is 9.97. The number of carbonyl (C=O) groups is 2. The molecule has 2 aliphatic rings. The van der Waals surface area contributed by atoms with Crippen molar-refractivity contribution in [3.8, 4) is 0 Å². The second-order valence-corrected chi connectivity index (χ2v) is 7.34. The van der Waals surface area contributed by atoms with E-state index in [9.17, 15) is 9.59 Å². The van der Waals surface area contributed by atoms with Crippen molar-refractivity contribution in [1.82, 2.24) is 9.80 Å². The molecule has 0 radical (unpaired) electrons. The number of hydrogen-bond donors (Lipinski definition) is 0. The van der Waals surface area contributed by atoms with Gasteiger partial charge in [0.2, 0.25) is 11.8 Å². The SMILES string of the molecule is C=CC(=O)N1CCC(C(=O)N(C)CC2=CCCOC2)(c2ccccc2)CC1. The maximum absolute atomic E-state index is 13.6. The Morgan fingerprint density at radius 3 is 2.56 bits per heavy atom. The fourth-order valence-electron chi connectivity index (χ4n) is 4.08. The molecule has 2 aliphatic heterocycles. The minimum Gasteiger partial charge on any atom is -0.377 e. The predicted octanol–water partition coefficient (Wildman–Crippen LogP) is 2.54. The van der Waals surface area contributed by atoms with E-state index in [-0.39, 0.29) is 11.8 Å². The van der Waals surface area contributed by atoms with Gasteiger partial charge < -0.3 is 14.5 Å². The molecule has 0 aliphatic carbocycles. The van der Waals surface area contributed by atoms with Gasteiger partial charge in [-0.2, -0.15) is 0 Å². The Hall–Kier alpha value is -2.40. The highest BCUT2D eigenvalue weighted by Gasteiger charge is 2.44. The molecule has 0 N–H and O–H groups in total. The Labute approximate surface area is 161 Å². The van der Waals surface area contributed by atoms with Gasteiger partial charge in [-0.3, -0.25) is 9.59 Å². The monoisotopic (exact) mass is 368 g/mol. The minimum atomic E-state index is -0.593. The first-order valence-corrected chi connectivity index (χ1v) is 9.55. The lowest BCUT2D eigenvalue weighted by molar-refractivity contribution is -0.140. The third kappa shape index (κ3) is 4.14. The van der Waals surface area contributed by atoms with Crippen molar-refractivity contribution in [1.29, 1.82) is 0 Å². The molecule has 144 valence electrons. The lowest BCUT2D eigenvalue weighted by Gasteiger charge is -2.43. The summed E-state index contributed by atoms with van der Waals surface area (Å²) in [6.45, 7) is 6.63. The number of hydrogen-bond acceptors (Lipinski definition) is 3. The topological polar surface area (TPSA) is 49.9 Å². The van der Waals surface area contributed by atoms with Gasteiger partial charge in [-0.25, -0.2) is 0 Å². The number of likely N-dealkylation sites (tertiary alicyclic amines) is 1. The number of carbonyl (C=O) groups excluding carboxylic acids is 2. The van der Waals surface area contributed by atoms with E-state index >= 15 is 0 Å². The molecule has 1 aromatic rings. The molecule has 0 unspecified atom stereocenters. The molecular formula is C22H28N2O3. The number of benzene rings is 1. The number of amides is 2. The first-order chi connectivity index (χ1) is 13.1. The Morgan fingerprint density at radius 1 is 1.26 bits per heavy atom. The first kappa shape index (κ1) is 19.4. The van der Waals surface area contributed by atoms with Crippen LogP contribution in [0.5, 0.6) is 0 Å². The van der Waals surface area contributed by atoms with Crippen LogP contribution in [0, 0.1) is 0 Å². The van der Waals surface area contributed by atoms with E-state index in [1.54, 1.807) is 4.90 Å². The van der Waals surface area contributed by atoms with Crippen molar-refractivity contribution in [3.05, 3.63) is 60.2 Å². The van der Waals surface area contributed by atoms with Crippen LogP contribution in [-0.2, 0) is 19.7 Å². The molecule has 1 fully saturated rings. The third-order valence-electron chi connectivity index (χ3n) is 5.61. The smallest absolute Gasteiger partial charge is 0.245 e. The van der Waals surface area contributed by atoms with Gasteiger partial charge in [-0.05, 0) is 36.5 Å². The zero-order valence-corrected chi connectivity index (χ0v) is 16.0. The highest BCUT2D eigenvalue weighted by molar-refractivity contribution is 5.90. The normalized spacial score (nSPS) is 19.1. The summed E-state index contributed by atoms with van der Waals surface area (Å²) in [5, 5.41) is 0. The van der Waals surface area contributed by atoms with E-state index in [1.807, 2.05) is 42.3 Å². The van der Waals surface area contributed by atoms with Crippen LogP contribution in [0.2, 0.25) is 0 Å². The third-order valence-corrected chi connectivity index (χ3v) is 5.61. The van der Waals surface area contributed by atoms with Crippen LogP contribution in [-0.4, -0.2) is 61.5 Å². The van der Waals surface area contributed by atoms with Gasteiger partial charge in [-0.1, -0.05) is 43.0 Å². The van der Waals surface area contributed by atoms with Gasteiger partial charge in [0, 0.05) is 26.7 Å². The van der Waals surface area contributed by atoms with Crippen LogP contribution in [0.4, 0.5) is 0 Å². The van der Waals surface area contributed by atoms with Crippen molar-refractivity contribution in [2.45, 2.75) is 24.7 Å². The van der Waals surface area contributed by atoms with Crippen LogP contribution in [0.15, 0.2) is 54.6 Å². The maximum Gasteiger partial charge on any atom is 0.245 e. The summed E-state index contributed by atoms with van der Waals surface area (Å²) in [5.41, 5.74) is 1.59. The van der Waals surface area contributed by atoms with Crippen LogP contribution in [0.3, 0.4) is 0 Å². The standard InChI is InChI=1S/C22H28N2O3/c1-3-20(25)24-13-11-22(12-14-24,19-9-5-4-6-10-19)21(26)23(2)16-18-8-7-15-27-17-18/h3-6,8-10H,1,7,11-17H2,2H3. The van der Waals surface area contributed by atoms with Crippen molar-refractivity contribution in [2.24, 2.45) is 0 Å². The second-order valence-electron chi connectivity index (χ2n) is 7.34. The molecule has 1 aromatic carbocycles. The number of nitrogens with zero attached hydrogens (tertiary/aromatic N) is 2. The van der Waals surface area contributed by atoms with Gasteiger partial charge in [0.1, 0.15) is 0 Å². The van der Waals surface area contributed by atoms with E-state index in [1.165, 1.54) is 6.08 Å². The largest absolute Gasteiger partial charge is 0.377 e. The quantitative estimate of drug-likeness (QED) is 0.593. The summed E-state index contributed by atoms with van der Waals surface area (Å²) < 4.78 is 5.51. The van der Waals surface area contributed by atoms with Gasteiger partial charge in [-0.15, -0.1) is 0 Å². The summed E-state index contributed by atoms with van der Waals surface area (Å²) in [6.07, 6.45) is 5.66. The maximum atomic E-state index is 13.6. The molecule has 0 saturated carbocycles. The average molecular weight is 368 g/mol. The molecule has 3 rings (SSSR count). The Balaban J connectivity index is 1.82. The summed E-state index contributed by atoms with van der Waals surface area (Å²) in [4.78, 5) is 29.1. The number of piperidine rings is 1. The van der Waals surface area contributed by atoms with Crippen LogP contribution >= 0.6 is 0 Å². The van der Waals surface area contributed by atoms with E-state index in [0.717, 1.165) is 24.2 Å². The summed E-state index contributed by atoms with van der Waals surface area (Å²) in [5.74, 6) is 0.0489. The Kier molecular flexibility index (Phi) is 6.11. The zero-order chi connectivity index (χ0) is 19.3. The molecule has 0 spiro atoms. The molecule has 0 atom stereocenters. The van der Waals surface area contributed by atoms with Crippen molar-refractivity contribution in [3.63, 3.8) is 0 Å². The highest BCUT2D eigenvalue weighted by Crippen LogP contribution is 2.37. The first-order valence-electron chi connectivity index (χ1n) is 9.55. The zero-order valence-electron chi connectivity index (χ0n) is 16.0. The molecule has 2 heterocycles. The van der Waals surface area contributed by atoms with Crippen LogP contribution < -0.4 is 0 Å². The lowest BCUT2D eigenvalue weighted by atomic mass is 9.71. The molecule has 27 heavy (non-hydrogen) atoms. The minimum absolute atomic E-state index is 0.0676. The lowest BCUT2D eigenvalue weighted by Crippen LogP contribution is -2.53. The van der Waals surface area contributed by atoms with Gasteiger partial charge in [0.15, 0.2) is 0 Å². The van der Waals surface area contributed by atoms with E-state index in [4.69, 9.17) is 4.74 Å². The Bertz CT molecular complexity index is 718. The predicted molar refractivity (Wildman–Crippen MR) is 105 cm³/mol. The summed E-state index contributed by atoms with van der Waals surface area (Å²) in [7, 11) is 1.86. The summed E-state index contributed by atoms with van der Waals surface area (Å²) >= 11 is 0. The molecule has 0 bridgehead atoms. The van der Waals surface area contributed by atoms with Gasteiger partial charge in [0.05, 0.1) is 18.6 Å². The van der Waals surface area contributed by atoms with Crippen molar-refractivity contribution >= 4 is 11.8 Å². The molecular weight excluding hydrogens is 340 g/mol. The average Bonchev–Trinajstić information content (AvgIpc) is 2.74. The number of likely N-dealkylation sites (N-methyl/N-ethyl adjacent to an activating group) is 1. The number of rotatable bonds is 5. The van der Waals surface area contributed by atoms with Gasteiger partial charge in [0.25, 0.3) is 0 Å². The molecule has 5 heteroatoms. The van der Waals surface area contributed by atoms with Gasteiger partial charge >= 0.3 is 0 Å². The fraction of sp³-hybridized carbons (Fsp3) is 0.455. The Morgan fingerprint density at radius 2 is 1.96 bits per heavy atom. The van der Waals surface area contributed by atoms with E-state index in [2.05, 4.69) is 12.7 Å². The molecule has 0 aromatic heterocycles. The number of ether oxygens (including phenoxy) is 1. The van der Waals surface area contributed by atoms with E-state index in [0.29, 0.717) is 39.1 Å². The van der Waals surface area contributed by atoms with Crippen molar-refractivity contribution < 1.29 is 14.3 Å².